The van der Waals surface area contributed by atoms with Gasteiger partial charge in [-0.1, -0.05) is 12.8 Å². The van der Waals surface area contributed by atoms with Gasteiger partial charge in [0.25, 0.3) is 0 Å². The van der Waals surface area contributed by atoms with Gasteiger partial charge in [-0.15, -0.1) is 0 Å². The molecule has 1 unspecified atom stereocenters. The predicted octanol–water partition coefficient (Wildman–Crippen LogP) is -0.433. The molecule has 0 aromatic heterocycles. The average molecular weight is 278 g/mol. The number of carbonyl (C=O) groups is 2. The molecule has 1 rings (SSSR count). The minimum Gasteiger partial charge on any atom is -0.480 e. The quantitative estimate of drug-likeness (QED) is 0.582. The van der Waals surface area contributed by atoms with Crippen LogP contribution in [0.2, 0.25) is 0 Å². The maximum absolute atomic E-state index is 11.9. The van der Waals surface area contributed by atoms with Gasteiger partial charge in [0.2, 0.25) is 15.9 Å². The van der Waals surface area contributed by atoms with E-state index in [9.17, 15) is 18.0 Å². The number of carboxylic acids is 1. The fourth-order valence-corrected chi connectivity index (χ4v) is 3.77. The molecule has 0 saturated heterocycles. The van der Waals surface area contributed by atoms with Crippen molar-refractivity contribution >= 4 is 21.9 Å². The van der Waals surface area contributed by atoms with Crippen LogP contribution in [-0.4, -0.2) is 36.7 Å². The van der Waals surface area contributed by atoms with Crippen molar-refractivity contribution in [2.24, 2.45) is 5.73 Å². The van der Waals surface area contributed by atoms with Gasteiger partial charge in [0.15, 0.2) is 0 Å². The maximum Gasteiger partial charge on any atom is 0.321 e. The zero-order valence-electron chi connectivity index (χ0n) is 9.96. The number of carbonyl (C=O) groups excluding carboxylic acids is 1. The molecule has 104 valence electrons. The Kier molecular flexibility index (Phi) is 5.09. The van der Waals surface area contributed by atoms with Crippen molar-refractivity contribution in [2.45, 2.75) is 49.8 Å². The van der Waals surface area contributed by atoms with Crippen molar-refractivity contribution in [1.29, 1.82) is 0 Å². The van der Waals surface area contributed by atoms with Crippen LogP contribution in [-0.2, 0) is 19.6 Å². The van der Waals surface area contributed by atoms with Crippen LogP contribution < -0.4 is 10.5 Å². The van der Waals surface area contributed by atoms with Crippen LogP contribution in [0.5, 0.6) is 0 Å². The average Bonchev–Trinajstić information content (AvgIpc) is 2.77. The first kappa shape index (κ1) is 14.9. The molecule has 0 spiro atoms. The SMILES string of the molecule is NC(=O)CCC(NS(=O)(=O)C1CCCC1)C(=O)O. The lowest BCUT2D eigenvalue weighted by atomic mass is 10.2. The van der Waals surface area contributed by atoms with Gasteiger partial charge in [-0.3, -0.25) is 9.59 Å². The van der Waals surface area contributed by atoms with E-state index in [1.54, 1.807) is 0 Å². The van der Waals surface area contributed by atoms with Crippen LogP contribution >= 0.6 is 0 Å². The van der Waals surface area contributed by atoms with E-state index >= 15 is 0 Å². The first-order valence-corrected chi connectivity index (χ1v) is 7.40. The number of aliphatic carboxylic acids is 1. The van der Waals surface area contributed by atoms with E-state index in [0.29, 0.717) is 12.8 Å². The van der Waals surface area contributed by atoms with Crippen LogP contribution in [0.4, 0.5) is 0 Å². The van der Waals surface area contributed by atoms with Crippen molar-refractivity contribution in [3.05, 3.63) is 0 Å². The van der Waals surface area contributed by atoms with Crippen molar-refractivity contribution < 1.29 is 23.1 Å². The number of sulfonamides is 1. The molecule has 1 amide bonds. The fraction of sp³-hybridized carbons (Fsp3) is 0.800. The second kappa shape index (κ2) is 6.14. The number of primary amides is 1. The van der Waals surface area contributed by atoms with E-state index < -0.39 is 33.2 Å². The predicted molar refractivity (Wildman–Crippen MR) is 64.2 cm³/mol. The Bertz CT molecular complexity index is 414. The highest BCUT2D eigenvalue weighted by molar-refractivity contribution is 7.90. The summed E-state index contributed by atoms with van der Waals surface area (Å²) in [5.41, 5.74) is 4.92. The molecule has 0 aromatic carbocycles. The first-order chi connectivity index (χ1) is 8.33. The summed E-state index contributed by atoms with van der Waals surface area (Å²) in [6, 6.07) is -1.29. The second-order valence-electron chi connectivity index (χ2n) is 4.47. The van der Waals surface area contributed by atoms with E-state index in [1.165, 1.54) is 0 Å². The van der Waals surface area contributed by atoms with Gasteiger partial charge >= 0.3 is 5.97 Å². The number of hydrogen-bond donors (Lipinski definition) is 3. The molecule has 0 aliphatic heterocycles. The van der Waals surface area contributed by atoms with Crippen LogP contribution in [0, 0.1) is 0 Å². The number of carboxylic acid groups (broad SMARTS) is 1. The molecule has 0 heterocycles. The van der Waals surface area contributed by atoms with E-state index in [2.05, 4.69) is 4.72 Å². The fourth-order valence-electron chi connectivity index (χ4n) is 2.01. The summed E-state index contributed by atoms with van der Waals surface area (Å²) < 4.78 is 26.0. The van der Waals surface area contributed by atoms with Crippen LogP contribution in [0.15, 0.2) is 0 Å². The summed E-state index contributed by atoms with van der Waals surface area (Å²) in [7, 11) is -3.64. The van der Waals surface area contributed by atoms with E-state index in [1.807, 2.05) is 0 Å². The van der Waals surface area contributed by atoms with Gasteiger partial charge in [0.1, 0.15) is 6.04 Å². The molecule has 1 saturated carbocycles. The van der Waals surface area contributed by atoms with Gasteiger partial charge in [0, 0.05) is 6.42 Å². The zero-order valence-corrected chi connectivity index (χ0v) is 10.8. The van der Waals surface area contributed by atoms with Crippen molar-refractivity contribution in [2.75, 3.05) is 0 Å². The van der Waals surface area contributed by atoms with Gasteiger partial charge in [0.05, 0.1) is 5.25 Å². The summed E-state index contributed by atoms with van der Waals surface area (Å²) in [5.74, 6) is -1.95. The summed E-state index contributed by atoms with van der Waals surface area (Å²) in [6.45, 7) is 0. The van der Waals surface area contributed by atoms with Gasteiger partial charge in [-0.25, -0.2) is 13.1 Å². The normalized spacial score (nSPS) is 18.7. The lowest BCUT2D eigenvalue weighted by Crippen LogP contribution is -2.44. The number of nitrogens with two attached hydrogens (primary N) is 1. The lowest BCUT2D eigenvalue weighted by molar-refractivity contribution is -0.139. The zero-order chi connectivity index (χ0) is 13.8. The molecule has 1 aliphatic carbocycles. The van der Waals surface area contributed by atoms with Gasteiger partial charge in [-0.05, 0) is 19.3 Å². The highest BCUT2D eigenvalue weighted by atomic mass is 32.2. The van der Waals surface area contributed by atoms with Crippen molar-refractivity contribution in [3.63, 3.8) is 0 Å². The Hall–Kier alpha value is -1.15. The van der Waals surface area contributed by atoms with E-state index in [0.717, 1.165) is 12.8 Å². The van der Waals surface area contributed by atoms with Gasteiger partial charge in [-0.2, -0.15) is 0 Å². The smallest absolute Gasteiger partial charge is 0.321 e. The lowest BCUT2D eigenvalue weighted by Gasteiger charge is -2.17. The minimum absolute atomic E-state index is 0.128. The first-order valence-electron chi connectivity index (χ1n) is 5.85. The number of nitrogens with one attached hydrogen (secondary N) is 1. The van der Waals surface area contributed by atoms with Crippen molar-refractivity contribution in [3.8, 4) is 0 Å². The van der Waals surface area contributed by atoms with Crippen molar-refractivity contribution in [1.82, 2.24) is 4.72 Å². The molecule has 0 bridgehead atoms. The van der Waals surface area contributed by atoms with Crippen LogP contribution in [0.3, 0.4) is 0 Å². The molecule has 0 radical (unpaired) electrons. The molecule has 18 heavy (non-hydrogen) atoms. The van der Waals surface area contributed by atoms with E-state index in [4.69, 9.17) is 10.8 Å². The summed E-state index contributed by atoms with van der Waals surface area (Å²) in [6.07, 6.45) is 2.49. The molecular weight excluding hydrogens is 260 g/mol. The van der Waals surface area contributed by atoms with Gasteiger partial charge < -0.3 is 10.8 Å². The maximum atomic E-state index is 11.9. The molecular formula is C10H18N2O5S. The Labute approximate surface area is 106 Å². The second-order valence-corrected chi connectivity index (χ2v) is 6.46. The standard InChI is InChI=1S/C10H18N2O5S/c11-9(13)6-5-8(10(14)15)12-18(16,17)7-3-1-2-4-7/h7-8,12H,1-6H2,(H2,11,13)(H,14,15). The summed E-state index contributed by atoms with van der Waals surface area (Å²) in [5, 5.41) is 8.39. The minimum atomic E-state index is -3.64. The highest BCUT2D eigenvalue weighted by Crippen LogP contribution is 2.24. The monoisotopic (exact) mass is 278 g/mol. The molecule has 1 aliphatic rings. The molecule has 0 aromatic rings. The summed E-state index contributed by atoms with van der Waals surface area (Å²) in [4.78, 5) is 21.5. The van der Waals surface area contributed by atoms with Crippen LogP contribution in [0.25, 0.3) is 0 Å². The topological polar surface area (TPSA) is 127 Å². The Morgan fingerprint density at radius 1 is 1.33 bits per heavy atom. The third-order valence-electron chi connectivity index (χ3n) is 3.03. The summed E-state index contributed by atoms with van der Waals surface area (Å²) >= 11 is 0. The largest absolute Gasteiger partial charge is 0.480 e. The number of hydrogen-bond acceptors (Lipinski definition) is 4. The number of rotatable bonds is 7. The van der Waals surface area contributed by atoms with Crippen LogP contribution in [0.1, 0.15) is 38.5 Å². The Morgan fingerprint density at radius 2 is 1.89 bits per heavy atom. The number of amides is 1. The van der Waals surface area contributed by atoms with E-state index in [-0.39, 0.29) is 12.8 Å². The molecule has 1 atom stereocenters. The molecule has 4 N–H and O–H groups in total. The Balaban J connectivity index is 2.64. The third-order valence-corrected chi connectivity index (χ3v) is 4.99. The molecule has 1 fully saturated rings. The highest BCUT2D eigenvalue weighted by Gasteiger charge is 2.32. The molecule has 8 heteroatoms. The molecule has 7 nitrogen and oxygen atoms in total. The Morgan fingerprint density at radius 3 is 2.33 bits per heavy atom. The third kappa shape index (κ3) is 4.26.